The first-order valence-electron chi connectivity index (χ1n) is 6.78. The van der Waals surface area contributed by atoms with Crippen LogP contribution in [0.15, 0.2) is 42.5 Å². The Morgan fingerprint density at radius 2 is 1.77 bits per heavy atom. The van der Waals surface area contributed by atoms with Gasteiger partial charge in [0.05, 0.1) is 13.5 Å². The van der Waals surface area contributed by atoms with E-state index < -0.39 is 5.97 Å². The van der Waals surface area contributed by atoms with E-state index in [1.165, 1.54) is 7.11 Å². The summed E-state index contributed by atoms with van der Waals surface area (Å²) in [4.78, 5) is 24.3. The number of carbonyl (C=O) groups excluding carboxylic acids is 2. The highest BCUT2D eigenvalue weighted by Crippen LogP contribution is 2.35. The largest absolute Gasteiger partial charge is 0.469 e. The van der Waals surface area contributed by atoms with Gasteiger partial charge in [-0.25, -0.2) is 0 Å². The fourth-order valence-corrected chi connectivity index (χ4v) is 2.31. The van der Waals surface area contributed by atoms with Gasteiger partial charge in [0.15, 0.2) is 17.3 Å². The van der Waals surface area contributed by atoms with Crippen molar-refractivity contribution >= 4 is 11.8 Å². The molecule has 1 aliphatic rings. The van der Waals surface area contributed by atoms with E-state index in [1.54, 1.807) is 36.4 Å². The van der Waals surface area contributed by atoms with Crippen molar-refractivity contribution in [3.8, 4) is 11.5 Å². The third-order valence-corrected chi connectivity index (χ3v) is 3.44. The zero-order chi connectivity index (χ0) is 15.5. The molecule has 0 fully saturated rings. The van der Waals surface area contributed by atoms with Crippen molar-refractivity contribution in [2.24, 2.45) is 0 Å². The highest BCUT2D eigenvalue weighted by molar-refractivity contribution is 6.10. The molecule has 22 heavy (non-hydrogen) atoms. The Kier molecular flexibility index (Phi) is 3.78. The molecule has 0 aliphatic carbocycles. The van der Waals surface area contributed by atoms with Crippen LogP contribution in [0.3, 0.4) is 0 Å². The Balaban J connectivity index is 2.05. The van der Waals surface area contributed by atoms with Crippen LogP contribution in [0, 0.1) is 0 Å². The number of hydrogen-bond donors (Lipinski definition) is 0. The number of carbonyl (C=O) groups is 2. The van der Waals surface area contributed by atoms with Crippen LogP contribution in [0.5, 0.6) is 11.5 Å². The number of fused-ring (bicyclic) bond motifs is 1. The summed E-state index contributed by atoms with van der Waals surface area (Å²) in [5.74, 6) is 0.454. The zero-order valence-electron chi connectivity index (χ0n) is 12.0. The minimum Gasteiger partial charge on any atom is -0.469 e. The lowest BCUT2D eigenvalue weighted by Gasteiger charge is -2.10. The maximum absolute atomic E-state index is 12.7. The standard InChI is InChI=1S/C17H14O5/c1-20-16(18)8-12-7-14-15(22-10-21-14)9-13(12)17(19)11-5-3-2-4-6-11/h2-7,9H,8,10H2,1H3. The molecule has 5 nitrogen and oxygen atoms in total. The predicted molar refractivity (Wildman–Crippen MR) is 78.2 cm³/mol. The van der Waals surface area contributed by atoms with Gasteiger partial charge in [0.2, 0.25) is 6.79 Å². The molecule has 0 amide bonds. The van der Waals surface area contributed by atoms with Gasteiger partial charge in [-0.1, -0.05) is 30.3 Å². The molecule has 0 unspecified atom stereocenters. The molecule has 2 aromatic rings. The second-order valence-electron chi connectivity index (χ2n) is 4.81. The molecule has 112 valence electrons. The summed E-state index contributed by atoms with van der Waals surface area (Å²) in [6, 6.07) is 12.2. The summed E-state index contributed by atoms with van der Waals surface area (Å²) in [7, 11) is 1.31. The lowest BCUT2D eigenvalue weighted by Crippen LogP contribution is -2.11. The van der Waals surface area contributed by atoms with E-state index in [2.05, 4.69) is 0 Å². The van der Waals surface area contributed by atoms with Crippen molar-refractivity contribution in [3.63, 3.8) is 0 Å². The molecule has 0 N–H and O–H groups in total. The molecule has 2 aromatic carbocycles. The fraction of sp³-hybridized carbons (Fsp3) is 0.176. The summed E-state index contributed by atoms with van der Waals surface area (Å²) in [5.41, 5.74) is 1.53. The number of hydrogen-bond acceptors (Lipinski definition) is 5. The van der Waals surface area contributed by atoms with Crippen molar-refractivity contribution in [1.29, 1.82) is 0 Å². The summed E-state index contributed by atoms with van der Waals surface area (Å²) in [6.07, 6.45) is 0.00104. The van der Waals surface area contributed by atoms with Crippen molar-refractivity contribution in [2.75, 3.05) is 13.9 Å². The van der Waals surface area contributed by atoms with Crippen molar-refractivity contribution in [3.05, 3.63) is 59.2 Å². The van der Waals surface area contributed by atoms with Gasteiger partial charge in [-0.05, 0) is 17.7 Å². The molecule has 3 rings (SSSR count). The van der Waals surface area contributed by atoms with E-state index in [9.17, 15) is 9.59 Å². The molecule has 0 radical (unpaired) electrons. The number of ether oxygens (including phenoxy) is 3. The molecule has 0 spiro atoms. The van der Waals surface area contributed by atoms with Gasteiger partial charge in [0.25, 0.3) is 0 Å². The average molecular weight is 298 g/mol. The van der Waals surface area contributed by atoms with Crippen LogP contribution in [0.25, 0.3) is 0 Å². The molecule has 0 aromatic heterocycles. The third kappa shape index (κ3) is 2.65. The zero-order valence-corrected chi connectivity index (χ0v) is 12.0. The van der Waals surface area contributed by atoms with Crippen LogP contribution in [0.4, 0.5) is 0 Å². The highest BCUT2D eigenvalue weighted by Gasteiger charge is 2.23. The Morgan fingerprint density at radius 1 is 1.09 bits per heavy atom. The van der Waals surface area contributed by atoms with Crippen molar-refractivity contribution in [2.45, 2.75) is 6.42 Å². The molecule has 0 saturated carbocycles. The Morgan fingerprint density at radius 3 is 2.45 bits per heavy atom. The third-order valence-electron chi connectivity index (χ3n) is 3.44. The Hall–Kier alpha value is -2.82. The number of ketones is 1. The number of esters is 1. The molecule has 1 heterocycles. The summed E-state index contributed by atoms with van der Waals surface area (Å²) in [6.45, 7) is 0.107. The van der Waals surface area contributed by atoms with Crippen LogP contribution in [0.1, 0.15) is 21.5 Å². The van der Waals surface area contributed by atoms with Crippen LogP contribution in [-0.4, -0.2) is 25.7 Å². The monoisotopic (exact) mass is 298 g/mol. The van der Waals surface area contributed by atoms with Gasteiger partial charge >= 0.3 is 5.97 Å². The summed E-state index contributed by atoms with van der Waals surface area (Å²) < 4.78 is 15.3. The van der Waals surface area contributed by atoms with Crippen LogP contribution >= 0.6 is 0 Å². The van der Waals surface area contributed by atoms with Crippen LogP contribution in [0.2, 0.25) is 0 Å². The molecular formula is C17H14O5. The van der Waals surface area contributed by atoms with E-state index in [4.69, 9.17) is 14.2 Å². The van der Waals surface area contributed by atoms with Crippen LogP contribution < -0.4 is 9.47 Å². The lowest BCUT2D eigenvalue weighted by molar-refractivity contribution is -0.139. The smallest absolute Gasteiger partial charge is 0.310 e. The van der Waals surface area contributed by atoms with Gasteiger partial charge < -0.3 is 14.2 Å². The van der Waals surface area contributed by atoms with Gasteiger partial charge in [0, 0.05) is 11.1 Å². The number of benzene rings is 2. The maximum atomic E-state index is 12.7. The Bertz CT molecular complexity index is 721. The number of methoxy groups -OCH3 is 1. The highest BCUT2D eigenvalue weighted by atomic mass is 16.7. The predicted octanol–water partition coefficient (Wildman–Crippen LogP) is 2.36. The Labute approximate surface area is 127 Å². The molecule has 1 aliphatic heterocycles. The SMILES string of the molecule is COC(=O)Cc1cc2c(cc1C(=O)c1ccccc1)OCO2. The quantitative estimate of drug-likeness (QED) is 0.640. The second-order valence-corrected chi connectivity index (χ2v) is 4.81. The minimum atomic E-state index is -0.416. The van der Waals surface area contributed by atoms with E-state index in [0.717, 1.165) is 0 Å². The van der Waals surface area contributed by atoms with Crippen LogP contribution in [-0.2, 0) is 16.0 Å². The maximum Gasteiger partial charge on any atom is 0.310 e. The van der Waals surface area contributed by atoms with Gasteiger partial charge in [0.1, 0.15) is 0 Å². The average Bonchev–Trinajstić information content (AvgIpc) is 3.01. The number of rotatable bonds is 4. The molecule has 0 saturated heterocycles. The van der Waals surface area contributed by atoms with Crippen molar-refractivity contribution in [1.82, 2.24) is 0 Å². The normalized spacial score (nSPS) is 12.0. The summed E-state index contributed by atoms with van der Waals surface area (Å²) >= 11 is 0. The molecule has 0 bridgehead atoms. The van der Waals surface area contributed by atoms with E-state index in [1.807, 2.05) is 6.07 Å². The van der Waals surface area contributed by atoms with E-state index in [0.29, 0.717) is 28.2 Å². The van der Waals surface area contributed by atoms with Gasteiger partial charge in [-0.15, -0.1) is 0 Å². The van der Waals surface area contributed by atoms with E-state index >= 15 is 0 Å². The second kappa shape index (κ2) is 5.89. The molecule has 0 atom stereocenters. The van der Waals surface area contributed by atoms with E-state index in [-0.39, 0.29) is 19.0 Å². The van der Waals surface area contributed by atoms with Crippen molar-refractivity contribution < 1.29 is 23.8 Å². The summed E-state index contributed by atoms with van der Waals surface area (Å²) in [5, 5.41) is 0. The molecule has 5 heteroatoms. The van der Waals surface area contributed by atoms with Gasteiger partial charge in [-0.3, -0.25) is 9.59 Å². The first-order chi connectivity index (χ1) is 10.7. The fourth-order valence-electron chi connectivity index (χ4n) is 2.31. The molecular weight excluding hydrogens is 284 g/mol. The lowest BCUT2D eigenvalue weighted by atomic mass is 9.96. The van der Waals surface area contributed by atoms with Gasteiger partial charge in [-0.2, -0.15) is 0 Å². The first kappa shape index (κ1) is 14.1. The topological polar surface area (TPSA) is 61.8 Å². The first-order valence-corrected chi connectivity index (χ1v) is 6.78. The minimum absolute atomic E-state index is 0.00104.